The third kappa shape index (κ3) is 4.06. The van der Waals surface area contributed by atoms with E-state index in [9.17, 15) is 24.3 Å². The van der Waals surface area contributed by atoms with Gasteiger partial charge in [0.25, 0.3) is 5.56 Å². The van der Waals surface area contributed by atoms with Crippen LogP contribution in [0.5, 0.6) is 0 Å². The number of H-pyrrole nitrogens is 1. The van der Waals surface area contributed by atoms with Crippen molar-refractivity contribution < 1.29 is 28.9 Å². The molecule has 2 heterocycles. The van der Waals surface area contributed by atoms with Gasteiger partial charge in [-0.3, -0.25) is 23.9 Å². The van der Waals surface area contributed by atoms with Crippen LogP contribution in [0.1, 0.15) is 32.9 Å². The molecule has 28 heavy (non-hydrogen) atoms. The van der Waals surface area contributed by atoms with Crippen LogP contribution in [-0.2, 0) is 23.8 Å². The number of esters is 2. The number of nitrogens with one attached hydrogen (secondary N) is 1. The molecule has 4 atom stereocenters. The second-order valence-corrected chi connectivity index (χ2v) is 5.79. The zero-order valence-corrected chi connectivity index (χ0v) is 15.1. The monoisotopic (exact) mass is 397 g/mol. The van der Waals surface area contributed by atoms with Crippen LogP contribution in [-0.4, -0.2) is 51.1 Å². The van der Waals surface area contributed by atoms with E-state index in [-0.39, 0.29) is 12.8 Å². The van der Waals surface area contributed by atoms with Gasteiger partial charge in [-0.1, -0.05) is 19.0 Å². The van der Waals surface area contributed by atoms with E-state index in [0.29, 0.717) is 0 Å². The summed E-state index contributed by atoms with van der Waals surface area (Å²) >= 11 is 0. The number of carbonyl (C=O) groups excluding carboxylic acids is 2. The summed E-state index contributed by atoms with van der Waals surface area (Å²) in [6, 6.07) is 1.02. The summed E-state index contributed by atoms with van der Waals surface area (Å²) in [6.45, 7) is 2.08. The Balaban J connectivity index is 2.63. The molecular weight excluding hydrogens is 378 g/mol. The molecule has 2 N–H and O–H groups in total. The van der Waals surface area contributed by atoms with Crippen molar-refractivity contribution in [3.8, 4) is 0 Å². The van der Waals surface area contributed by atoms with Gasteiger partial charge in [-0.15, -0.1) is 0 Å². The van der Waals surface area contributed by atoms with Gasteiger partial charge in [-0.05, 0) is 5.53 Å². The quantitative estimate of drug-likeness (QED) is 0.272. The smallest absolute Gasteiger partial charge is 0.330 e. The third-order valence-electron chi connectivity index (χ3n) is 4.02. The molecule has 0 amide bonds. The fourth-order valence-corrected chi connectivity index (χ4v) is 2.65. The topological polar surface area (TPSA) is 186 Å². The lowest BCUT2D eigenvalue weighted by atomic mass is 10.0. The number of azide groups is 1. The van der Waals surface area contributed by atoms with Crippen LogP contribution >= 0.6 is 0 Å². The van der Waals surface area contributed by atoms with Crippen molar-refractivity contribution in [3.05, 3.63) is 43.5 Å². The molecule has 0 saturated carbocycles. The van der Waals surface area contributed by atoms with Crippen molar-refractivity contribution in [2.75, 3.05) is 6.61 Å². The Morgan fingerprint density at radius 1 is 1.36 bits per heavy atom. The maximum Gasteiger partial charge on any atom is 0.330 e. The minimum Gasteiger partial charge on any atom is -0.455 e. The number of rotatable bonds is 7. The molecule has 1 aromatic heterocycles. The first-order valence-corrected chi connectivity index (χ1v) is 8.37. The van der Waals surface area contributed by atoms with Crippen molar-refractivity contribution in [3.63, 3.8) is 0 Å². The molecule has 1 saturated heterocycles. The summed E-state index contributed by atoms with van der Waals surface area (Å²) in [5.41, 5.74) is 5.15. The Kier molecular flexibility index (Phi) is 6.57. The average Bonchev–Trinajstić information content (AvgIpc) is 2.95. The summed E-state index contributed by atoms with van der Waals surface area (Å²) in [4.78, 5) is 51.9. The summed E-state index contributed by atoms with van der Waals surface area (Å²) in [7, 11) is 0. The lowest BCUT2D eigenvalue weighted by molar-refractivity contribution is -0.173. The Morgan fingerprint density at radius 2 is 2.00 bits per heavy atom. The largest absolute Gasteiger partial charge is 0.455 e. The van der Waals surface area contributed by atoms with E-state index >= 15 is 0 Å². The number of carbonyl (C=O) groups is 2. The average molecular weight is 397 g/mol. The fourth-order valence-electron chi connectivity index (χ4n) is 2.65. The predicted octanol–water partition coefficient (Wildman–Crippen LogP) is -0.292. The molecule has 13 heteroatoms. The molecule has 1 aliphatic rings. The van der Waals surface area contributed by atoms with E-state index in [1.165, 1.54) is 13.8 Å². The maximum absolute atomic E-state index is 12.2. The van der Waals surface area contributed by atoms with E-state index in [0.717, 1.165) is 16.8 Å². The molecule has 0 radical (unpaired) electrons. The number of aliphatic hydroxyl groups excluding tert-OH is 1. The molecule has 4 unspecified atom stereocenters. The van der Waals surface area contributed by atoms with E-state index in [4.69, 9.17) is 19.7 Å². The maximum atomic E-state index is 12.2. The SMILES string of the molecule is CCC(=O)OC1C(n2ccc(=O)[nH]c2=O)OC(CO)(N=[N+]=[N-])C1OC(=O)CC. The highest BCUT2D eigenvalue weighted by atomic mass is 16.7. The van der Waals surface area contributed by atoms with Crippen LogP contribution in [0.4, 0.5) is 0 Å². The van der Waals surface area contributed by atoms with Crippen molar-refractivity contribution in [1.29, 1.82) is 0 Å². The van der Waals surface area contributed by atoms with Gasteiger partial charge in [0.05, 0.1) is 6.61 Å². The molecule has 0 bridgehead atoms. The third-order valence-corrected chi connectivity index (χ3v) is 4.02. The lowest BCUT2D eigenvalue weighted by Crippen LogP contribution is -2.48. The number of aliphatic hydroxyl groups is 1. The number of hydrogen-bond donors (Lipinski definition) is 2. The van der Waals surface area contributed by atoms with Gasteiger partial charge in [0.2, 0.25) is 5.72 Å². The highest BCUT2D eigenvalue weighted by molar-refractivity contribution is 5.70. The standard InChI is InChI=1S/C15H19N5O8/c1-3-9(23)26-11-12(27-10(24)4-2)15(7-21,18-19-16)28-13(11)20-6-5-8(22)17-14(20)25/h5-6,11-13,21H,3-4,7H2,1-2H3,(H,17,22,25). The van der Waals surface area contributed by atoms with E-state index < -0.39 is 54.0 Å². The van der Waals surface area contributed by atoms with Crippen molar-refractivity contribution in [2.45, 2.75) is 50.8 Å². The number of aromatic amines is 1. The second kappa shape index (κ2) is 8.69. The van der Waals surface area contributed by atoms with Crippen LogP contribution in [0.15, 0.2) is 27.0 Å². The zero-order valence-electron chi connectivity index (χ0n) is 15.1. The number of ether oxygens (including phenoxy) is 3. The highest BCUT2D eigenvalue weighted by Gasteiger charge is 2.60. The molecule has 0 spiro atoms. The van der Waals surface area contributed by atoms with Gasteiger partial charge in [-0.25, -0.2) is 4.79 Å². The first-order chi connectivity index (χ1) is 13.3. The Labute approximate surface area is 157 Å². The van der Waals surface area contributed by atoms with Crippen LogP contribution in [0.25, 0.3) is 10.4 Å². The molecule has 1 aliphatic heterocycles. The summed E-state index contributed by atoms with van der Waals surface area (Å²) in [5.74, 6) is -1.46. The second-order valence-electron chi connectivity index (χ2n) is 5.79. The molecule has 1 fully saturated rings. The normalized spacial score (nSPS) is 26.3. The molecule has 0 aromatic carbocycles. The van der Waals surface area contributed by atoms with Crippen molar-refractivity contribution in [1.82, 2.24) is 9.55 Å². The first kappa shape index (κ1) is 21.2. The molecular formula is C15H19N5O8. The molecule has 13 nitrogen and oxygen atoms in total. The molecule has 1 aromatic rings. The number of nitrogens with zero attached hydrogens (tertiary/aromatic N) is 4. The van der Waals surface area contributed by atoms with Gasteiger partial charge in [0.1, 0.15) is 0 Å². The van der Waals surface area contributed by atoms with Gasteiger partial charge < -0.3 is 19.3 Å². The molecule has 152 valence electrons. The molecule has 0 aliphatic carbocycles. The summed E-state index contributed by atoms with van der Waals surface area (Å²) in [6.07, 6.45) is -3.48. The summed E-state index contributed by atoms with van der Waals surface area (Å²) < 4.78 is 17.0. The van der Waals surface area contributed by atoms with Crippen LogP contribution < -0.4 is 11.2 Å². The van der Waals surface area contributed by atoms with Gasteiger partial charge in [0, 0.05) is 30.0 Å². The van der Waals surface area contributed by atoms with Crippen LogP contribution in [0, 0.1) is 0 Å². The Bertz CT molecular complexity index is 904. The predicted molar refractivity (Wildman–Crippen MR) is 90.7 cm³/mol. The zero-order chi connectivity index (χ0) is 20.9. The van der Waals surface area contributed by atoms with Gasteiger partial charge in [0.15, 0.2) is 18.4 Å². The van der Waals surface area contributed by atoms with E-state index in [1.807, 2.05) is 4.98 Å². The molecule has 2 rings (SSSR count). The number of aromatic nitrogens is 2. The minimum absolute atomic E-state index is 0.0498. The lowest BCUT2D eigenvalue weighted by Gasteiger charge is -2.28. The first-order valence-electron chi connectivity index (χ1n) is 8.37. The summed E-state index contributed by atoms with van der Waals surface area (Å²) in [5, 5.41) is 13.2. The van der Waals surface area contributed by atoms with Crippen molar-refractivity contribution in [2.24, 2.45) is 5.11 Å². The van der Waals surface area contributed by atoms with Crippen LogP contribution in [0.3, 0.4) is 0 Å². The number of hydrogen-bond acceptors (Lipinski definition) is 9. The van der Waals surface area contributed by atoms with Crippen molar-refractivity contribution >= 4 is 11.9 Å². The van der Waals surface area contributed by atoms with Gasteiger partial charge >= 0.3 is 17.6 Å². The van der Waals surface area contributed by atoms with Gasteiger partial charge in [-0.2, -0.15) is 0 Å². The Hall–Kier alpha value is -3.15. The Morgan fingerprint density at radius 3 is 2.54 bits per heavy atom. The minimum atomic E-state index is -2.15. The van der Waals surface area contributed by atoms with Crippen LogP contribution in [0.2, 0.25) is 0 Å². The van der Waals surface area contributed by atoms with E-state index in [1.54, 1.807) is 0 Å². The highest BCUT2D eigenvalue weighted by Crippen LogP contribution is 2.41. The fraction of sp³-hybridized carbons (Fsp3) is 0.600. The van der Waals surface area contributed by atoms with E-state index in [2.05, 4.69) is 10.0 Å².